The third kappa shape index (κ3) is 2.47. The monoisotopic (exact) mass is 396 g/mol. The minimum atomic E-state index is -1.23. The summed E-state index contributed by atoms with van der Waals surface area (Å²) in [6.45, 7) is 15.9. The second-order valence-electron chi connectivity index (χ2n) is 10.2. The second kappa shape index (κ2) is 6.26. The molecule has 0 amide bonds. The molecule has 0 spiro atoms. The molecule has 4 nitrogen and oxygen atoms in total. The molecule has 0 heterocycles. The minimum absolute atomic E-state index is 0.0422. The molecular formula is C25H32O4. The number of esters is 1. The summed E-state index contributed by atoms with van der Waals surface area (Å²) in [6, 6.07) is 0. The molecule has 156 valence electrons. The molecule has 0 saturated heterocycles. The lowest BCUT2D eigenvalue weighted by molar-refractivity contribution is -0.181. The lowest BCUT2D eigenvalue weighted by atomic mass is 9.45. The van der Waals surface area contributed by atoms with E-state index in [-0.39, 0.29) is 22.9 Å². The molecule has 0 aromatic heterocycles. The number of allylic oxidation sites excluding steroid dienone is 2. The van der Waals surface area contributed by atoms with E-state index in [1.54, 1.807) is 0 Å². The maximum atomic E-state index is 12.9. The van der Waals surface area contributed by atoms with E-state index < -0.39 is 17.0 Å². The zero-order valence-electron chi connectivity index (χ0n) is 18.1. The third-order valence-corrected chi connectivity index (χ3v) is 8.88. The van der Waals surface area contributed by atoms with Gasteiger partial charge >= 0.3 is 5.97 Å². The highest BCUT2D eigenvalue weighted by molar-refractivity contribution is 5.93. The van der Waals surface area contributed by atoms with Crippen LogP contribution >= 0.6 is 0 Å². The molecule has 4 aliphatic carbocycles. The van der Waals surface area contributed by atoms with E-state index in [0.717, 1.165) is 42.4 Å². The molecule has 29 heavy (non-hydrogen) atoms. The fraction of sp³-hybridized carbons (Fsp3) is 0.640. The van der Waals surface area contributed by atoms with Crippen LogP contribution in [0.3, 0.4) is 0 Å². The van der Waals surface area contributed by atoms with E-state index in [9.17, 15) is 14.4 Å². The summed E-state index contributed by atoms with van der Waals surface area (Å²) in [5, 5.41) is 0. The summed E-state index contributed by atoms with van der Waals surface area (Å²) < 4.78 is 5.83. The summed E-state index contributed by atoms with van der Waals surface area (Å²) in [5.74, 6) is 0.665. The molecule has 0 radical (unpaired) electrons. The van der Waals surface area contributed by atoms with Gasteiger partial charge in [0.05, 0.1) is 0 Å². The molecular weight excluding hydrogens is 364 g/mol. The van der Waals surface area contributed by atoms with Gasteiger partial charge in [0.1, 0.15) is 0 Å². The van der Waals surface area contributed by atoms with Gasteiger partial charge in [0, 0.05) is 18.8 Å². The molecule has 0 unspecified atom stereocenters. The maximum Gasteiger partial charge on any atom is 0.303 e. The van der Waals surface area contributed by atoms with Crippen LogP contribution in [0.1, 0.15) is 66.2 Å². The summed E-state index contributed by atoms with van der Waals surface area (Å²) in [5.41, 5.74) is 1.22. The Labute approximate surface area is 173 Å². The molecule has 6 atom stereocenters. The SMILES string of the molecule is C=C1C[C@@H]2[C@@H](CC[C@@]3(C)[C@@H]2CC(=C)[C@@]3(OC(C)=O)C(C)=O)[C@@]2(C)CCC(=O)C=C12. The fourth-order valence-corrected chi connectivity index (χ4v) is 7.64. The Bertz CT molecular complexity index is 879. The van der Waals surface area contributed by atoms with Crippen molar-refractivity contribution in [2.75, 3.05) is 0 Å². The lowest BCUT2D eigenvalue weighted by Gasteiger charge is -2.59. The van der Waals surface area contributed by atoms with Gasteiger partial charge in [-0.2, -0.15) is 0 Å². The number of hydrogen-bond donors (Lipinski definition) is 0. The van der Waals surface area contributed by atoms with E-state index in [0.29, 0.717) is 24.7 Å². The predicted octanol–water partition coefficient (Wildman–Crippen LogP) is 4.74. The largest absolute Gasteiger partial charge is 0.446 e. The first kappa shape index (κ1) is 20.3. The molecule has 4 aliphatic rings. The van der Waals surface area contributed by atoms with Crippen molar-refractivity contribution < 1.29 is 19.1 Å². The zero-order chi connectivity index (χ0) is 21.4. The highest BCUT2D eigenvalue weighted by atomic mass is 16.6. The molecule has 0 aromatic rings. The number of carbonyl (C=O) groups excluding carboxylic acids is 3. The van der Waals surface area contributed by atoms with Crippen LogP contribution in [0.25, 0.3) is 0 Å². The Balaban J connectivity index is 1.79. The minimum Gasteiger partial charge on any atom is -0.446 e. The maximum absolute atomic E-state index is 12.9. The first-order chi connectivity index (χ1) is 13.5. The van der Waals surface area contributed by atoms with Crippen molar-refractivity contribution in [1.82, 2.24) is 0 Å². The van der Waals surface area contributed by atoms with E-state index in [1.807, 2.05) is 6.08 Å². The second-order valence-corrected chi connectivity index (χ2v) is 10.2. The molecule has 3 saturated carbocycles. The van der Waals surface area contributed by atoms with Gasteiger partial charge in [0.2, 0.25) is 0 Å². The van der Waals surface area contributed by atoms with Crippen LogP contribution in [0, 0.1) is 28.6 Å². The first-order valence-electron chi connectivity index (χ1n) is 10.8. The predicted molar refractivity (Wildman–Crippen MR) is 111 cm³/mol. The van der Waals surface area contributed by atoms with Gasteiger partial charge in [-0.3, -0.25) is 14.4 Å². The first-order valence-corrected chi connectivity index (χ1v) is 10.8. The van der Waals surface area contributed by atoms with Crippen molar-refractivity contribution in [1.29, 1.82) is 0 Å². The summed E-state index contributed by atoms with van der Waals surface area (Å²) in [4.78, 5) is 37.0. The molecule has 0 aliphatic heterocycles. The van der Waals surface area contributed by atoms with Crippen LogP contribution in [0.2, 0.25) is 0 Å². The van der Waals surface area contributed by atoms with Crippen LogP contribution in [0.15, 0.2) is 36.0 Å². The number of fused-ring (bicyclic) bond motifs is 5. The van der Waals surface area contributed by atoms with Gasteiger partial charge in [-0.05, 0) is 79.4 Å². The van der Waals surface area contributed by atoms with Crippen LogP contribution in [-0.2, 0) is 19.1 Å². The Morgan fingerprint density at radius 3 is 2.41 bits per heavy atom. The average Bonchev–Trinajstić information content (AvgIpc) is 2.85. The highest BCUT2D eigenvalue weighted by Crippen LogP contribution is 2.69. The Morgan fingerprint density at radius 2 is 1.79 bits per heavy atom. The summed E-state index contributed by atoms with van der Waals surface area (Å²) >= 11 is 0. The zero-order valence-corrected chi connectivity index (χ0v) is 18.1. The number of rotatable bonds is 2. The Hall–Kier alpha value is -1.97. The number of ketones is 2. The molecule has 0 aromatic carbocycles. The van der Waals surface area contributed by atoms with Gasteiger partial charge in [-0.1, -0.05) is 32.6 Å². The fourth-order valence-electron chi connectivity index (χ4n) is 7.64. The van der Waals surface area contributed by atoms with Crippen molar-refractivity contribution in [2.24, 2.45) is 28.6 Å². The van der Waals surface area contributed by atoms with Crippen LogP contribution in [-0.4, -0.2) is 23.1 Å². The normalized spacial score (nSPS) is 43.8. The number of ether oxygens (including phenoxy) is 1. The van der Waals surface area contributed by atoms with Gasteiger partial charge in [0.25, 0.3) is 0 Å². The molecule has 0 N–H and O–H groups in total. The van der Waals surface area contributed by atoms with E-state index >= 15 is 0 Å². The number of hydrogen-bond acceptors (Lipinski definition) is 4. The van der Waals surface area contributed by atoms with Crippen molar-refractivity contribution in [3.8, 4) is 0 Å². The molecule has 4 heteroatoms. The Morgan fingerprint density at radius 1 is 1.10 bits per heavy atom. The number of carbonyl (C=O) groups is 3. The van der Waals surface area contributed by atoms with Gasteiger partial charge in [-0.15, -0.1) is 0 Å². The molecule has 3 fully saturated rings. The van der Waals surface area contributed by atoms with Crippen LogP contribution in [0.4, 0.5) is 0 Å². The van der Waals surface area contributed by atoms with Crippen molar-refractivity contribution in [2.45, 2.75) is 71.8 Å². The average molecular weight is 397 g/mol. The van der Waals surface area contributed by atoms with E-state index in [4.69, 9.17) is 4.74 Å². The smallest absolute Gasteiger partial charge is 0.303 e. The molecule has 0 bridgehead atoms. The highest BCUT2D eigenvalue weighted by Gasteiger charge is 2.69. The third-order valence-electron chi connectivity index (χ3n) is 8.88. The van der Waals surface area contributed by atoms with Crippen molar-refractivity contribution in [3.05, 3.63) is 36.0 Å². The molecule has 4 rings (SSSR count). The van der Waals surface area contributed by atoms with Gasteiger partial charge in [-0.25, -0.2) is 0 Å². The van der Waals surface area contributed by atoms with E-state index in [1.165, 1.54) is 13.8 Å². The van der Waals surface area contributed by atoms with Crippen LogP contribution in [0.5, 0.6) is 0 Å². The van der Waals surface area contributed by atoms with Gasteiger partial charge < -0.3 is 4.74 Å². The summed E-state index contributed by atoms with van der Waals surface area (Å²) in [6.07, 6.45) is 6.60. The van der Waals surface area contributed by atoms with Crippen molar-refractivity contribution in [3.63, 3.8) is 0 Å². The Kier molecular flexibility index (Phi) is 4.39. The topological polar surface area (TPSA) is 60.4 Å². The quantitative estimate of drug-likeness (QED) is 0.500. The standard InChI is InChI=1S/C25H32O4/c1-14-11-19-20(23(5)9-7-18(28)13-21(14)23)8-10-24(6)22(19)12-15(2)25(24,16(3)26)29-17(4)27/h13,19-20,22H,1-2,7-12H2,3-6H3/t19-,20-,22-,23-,24+,25-/m1/s1. The van der Waals surface area contributed by atoms with E-state index in [2.05, 4.69) is 27.0 Å². The van der Waals surface area contributed by atoms with Gasteiger partial charge in [0.15, 0.2) is 17.2 Å². The van der Waals surface area contributed by atoms with Crippen LogP contribution < -0.4 is 0 Å². The lowest BCUT2D eigenvalue weighted by Crippen LogP contribution is -2.59. The summed E-state index contributed by atoms with van der Waals surface area (Å²) in [7, 11) is 0. The number of Topliss-reactive ketones (excluding diaryl/α,β-unsaturated/α-hetero) is 1. The van der Waals surface area contributed by atoms with Crippen molar-refractivity contribution >= 4 is 17.5 Å².